The molecule has 7 heteroatoms. The highest BCUT2D eigenvalue weighted by molar-refractivity contribution is 9.10. The van der Waals surface area contributed by atoms with Gasteiger partial charge in [0.2, 0.25) is 10.0 Å². The van der Waals surface area contributed by atoms with Crippen LogP contribution in [0, 0.1) is 5.82 Å². The highest BCUT2D eigenvalue weighted by atomic mass is 79.9. The Bertz CT molecular complexity index is 568. The van der Waals surface area contributed by atoms with E-state index in [1.165, 1.54) is 10.4 Å². The van der Waals surface area contributed by atoms with Crippen LogP contribution in [0.15, 0.2) is 27.6 Å². The van der Waals surface area contributed by atoms with Crippen molar-refractivity contribution < 1.29 is 17.5 Å². The second kappa shape index (κ2) is 5.47. The average Bonchev–Trinajstić information content (AvgIpc) is 2.26. The van der Waals surface area contributed by atoms with Crippen LogP contribution < -0.4 is 0 Å². The number of benzene rings is 1. The van der Waals surface area contributed by atoms with E-state index < -0.39 is 15.8 Å². The maximum absolute atomic E-state index is 13.0. The van der Waals surface area contributed by atoms with Gasteiger partial charge in [-0.3, -0.25) is 0 Å². The van der Waals surface area contributed by atoms with Crippen LogP contribution in [0.2, 0.25) is 0 Å². The number of rotatable bonds is 2. The summed E-state index contributed by atoms with van der Waals surface area (Å²) >= 11 is 3.10. The molecule has 1 aromatic rings. The Balaban J connectivity index is 2.36. The van der Waals surface area contributed by atoms with E-state index >= 15 is 0 Å². The van der Waals surface area contributed by atoms with Crippen LogP contribution in [0.3, 0.4) is 0 Å². The minimum Gasteiger partial charge on any atom is -0.373 e. The van der Waals surface area contributed by atoms with E-state index in [-0.39, 0.29) is 21.6 Å². The molecule has 1 aromatic carbocycles. The lowest BCUT2D eigenvalue weighted by atomic mass is 10.3. The fourth-order valence-electron chi connectivity index (χ4n) is 2.15. The summed E-state index contributed by atoms with van der Waals surface area (Å²) in [7, 11) is -3.64. The van der Waals surface area contributed by atoms with Gasteiger partial charge in [0, 0.05) is 17.6 Å². The smallest absolute Gasteiger partial charge is 0.244 e. The van der Waals surface area contributed by atoms with E-state index in [0.717, 1.165) is 12.1 Å². The minimum atomic E-state index is -3.64. The molecule has 2 atom stereocenters. The van der Waals surface area contributed by atoms with Gasteiger partial charge in [-0.25, -0.2) is 12.8 Å². The Hall–Kier alpha value is -0.500. The first-order valence-corrected chi connectivity index (χ1v) is 8.14. The molecule has 0 aliphatic carbocycles. The Labute approximate surface area is 120 Å². The van der Waals surface area contributed by atoms with Crippen LogP contribution in [0.4, 0.5) is 4.39 Å². The highest BCUT2D eigenvalue weighted by Crippen LogP contribution is 2.27. The second-order valence-electron chi connectivity index (χ2n) is 4.65. The topological polar surface area (TPSA) is 46.6 Å². The van der Waals surface area contributed by atoms with Gasteiger partial charge in [0.15, 0.2) is 0 Å². The maximum Gasteiger partial charge on any atom is 0.244 e. The van der Waals surface area contributed by atoms with Gasteiger partial charge in [0.25, 0.3) is 0 Å². The molecule has 106 valence electrons. The average molecular weight is 352 g/mol. The largest absolute Gasteiger partial charge is 0.373 e. The lowest BCUT2D eigenvalue weighted by Crippen LogP contribution is -2.48. The van der Waals surface area contributed by atoms with Crippen LogP contribution in [0.5, 0.6) is 0 Å². The molecule has 0 aromatic heterocycles. The van der Waals surface area contributed by atoms with Crippen molar-refractivity contribution in [1.82, 2.24) is 4.31 Å². The van der Waals surface area contributed by atoms with E-state index in [9.17, 15) is 12.8 Å². The number of morpholine rings is 1. The van der Waals surface area contributed by atoms with E-state index in [0.29, 0.717) is 13.1 Å². The van der Waals surface area contributed by atoms with E-state index in [1.807, 2.05) is 13.8 Å². The zero-order chi connectivity index (χ0) is 14.2. The molecule has 1 saturated heterocycles. The number of sulfonamides is 1. The molecule has 19 heavy (non-hydrogen) atoms. The van der Waals surface area contributed by atoms with Gasteiger partial charge in [-0.2, -0.15) is 4.31 Å². The Morgan fingerprint density at radius 2 is 1.89 bits per heavy atom. The van der Waals surface area contributed by atoms with Gasteiger partial charge in [0.05, 0.1) is 17.1 Å². The van der Waals surface area contributed by atoms with Crippen LogP contribution >= 0.6 is 15.9 Å². The van der Waals surface area contributed by atoms with E-state index in [2.05, 4.69) is 15.9 Å². The fourth-order valence-corrected chi connectivity index (χ4v) is 4.75. The lowest BCUT2D eigenvalue weighted by Gasteiger charge is -2.34. The summed E-state index contributed by atoms with van der Waals surface area (Å²) < 4.78 is 45.2. The number of hydrogen-bond acceptors (Lipinski definition) is 3. The summed E-state index contributed by atoms with van der Waals surface area (Å²) in [5.74, 6) is -0.477. The van der Waals surface area contributed by atoms with Crippen molar-refractivity contribution in [3.8, 4) is 0 Å². The minimum absolute atomic E-state index is 0.0789. The number of ether oxygens (including phenoxy) is 1. The molecule has 0 N–H and O–H groups in total. The molecule has 1 aliphatic rings. The number of hydrogen-bond donors (Lipinski definition) is 0. The number of halogens is 2. The van der Waals surface area contributed by atoms with Crippen LogP contribution in [-0.4, -0.2) is 38.0 Å². The van der Waals surface area contributed by atoms with Crippen molar-refractivity contribution in [2.24, 2.45) is 0 Å². The van der Waals surface area contributed by atoms with Gasteiger partial charge >= 0.3 is 0 Å². The van der Waals surface area contributed by atoms with Gasteiger partial charge in [-0.05, 0) is 48.0 Å². The summed E-state index contributed by atoms with van der Waals surface area (Å²) in [6.07, 6.45) is -0.310. The summed E-state index contributed by atoms with van der Waals surface area (Å²) in [4.78, 5) is 0.0789. The summed E-state index contributed by atoms with van der Waals surface area (Å²) in [5.41, 5.74) is 0. The number of nitrogens with zero attached hydrogens (tertiary/aromatic N) is 1. The molecule has 0 radical (unpaired) electrons. The third-order valence-electron chi connectivity index (χ3n) is 2.90. The highest BCUT2D eigenvalue weighted by Gasteiger charge is 2.33. The summed E-state index contributed by atoms with van der Waals surface area (Å²) in [6.45, 7) is 4.27. The zero-order valence-corrected chi connectivity index (χ0v) is 13.0. The third kappa shape index (κ3) is 3.16. The van der Waals surface area contributed by atoms with Crippen LogP contribution in [0.1, 0.15) is 13.8 Å². The first-order chi connectivity index (χ1) is 8.80. The molecular weight excluding hydrogens is 337 g/mol. The first-order valence-electron chi connectivity index (χ1n) is 5.91. The van der Waals surface area contributed by atoms with Crippen LogP contribution in [-0.2, 0) is 14.8 Å². The predicted molar refractivity (Wildman–Crippen MR) is 72.9 cm³/mol. The van der Waals surface area contributed by atoms with Gasteiger partial charge < -0.3 is 4.74 Å². The van der Waals surface area contributed by atoms with Crippen molar-refractivity contribution in [1.29, 1.82) is 0 Å². The van der Waals surface area contributed by atoms with Crippen molar-refractivity contribution in [3.05, 3.63) is 28.5 Å². The fraction of sp³-hybridized carbons (Fsp3) is 0.500. The van der Waals surface area contributed by atoms with Crippen molar-refractivity contribution >= 4 is 26.0 Å². The Kier molecular flexibility index (Phi) is 4.29. The Morgan fingerprint density at radius 1 is 1.32 bits per heavy atom. The molecule has 1 aliphatic heterocycles. The first kappa shape index (κ1) is 14.9. The molecule has 0 amide bonds. The zero-order valence-electron chi connectivity index (χ0n) is 10.6. The monoisotopic (exact) mass is 351 g/mol. The lowest BCUT2D eigenvalue weighted by molar-refractivity contribution is -0.0440. The predicted octanol–water partition coefficient (Wildman–Crippen LogP) is 2.39. The van der Waals surface area contributed by atoms with Gasteiger partial charge in [0.1, 0.15) is 5.82 Å². The molecule has 0 unspecified atom stereocenters. The standard InChI is InChI=1S/C12H15BrFNO3S/c1-8-6-15(7-9(2)18-8)19(16,17)12-4-3-10(14)5-11(12)13/h3-5,8-9H,6-7H2,1-2H3/t8-,9+. The molecule has 0 saturated carbocycles. The molecule has 1 heterocycles. The van der Waals surface area contributed by atoms with Gasteiger partial charge in [-0.1, -0.05) is 0 Å². The quantitative estimate of drug-likeness (QED) is 0.821. The molecular formula is C12H15BrFNO3S. The normalized spacial score (nSPS) is 25.5. The molecule has 1 fully saturated rings. The molecule has 4 nitrogen and oxygen atoms in total. The van der Waals surface area contributed by atoms with Crippen LogP contribution in [0.25, 0.3) is 0 Å². The SMILES string of the molecule is C[C@@H]1CN(S(=O)(=O)c2ccc(F)cc2Br)C[C@H](C)O1. The van der Waals surface area contributed by atoms with Crippen molar-refractivity contribution in [2.75, 3.05) is 13.1 Å². The van der Waals surface area contributed by atoms with E-state index in [1.54, 1.807) is 0 Å². The van der Waals surface area contributed by atoms with E-state index in [4.69, 9.17) is 4.74 Å². The summed E-state index contributed by atoms with van der Waals surface area (Å²) in [6, 6.07) is 3.57. The van der Waals surface area contributed by atoms with Gasteiger partial charge in [-0.15, -0.1) is 0 Å². The van der Waals surface area contributed by atoms with Crippen molar-refractivity contribution in [3.63, 3.8) is 0 Å². The van der Waals surface area contributed by atoms with Crippen molar-refractivity contribution in [2.45, 2.75) is 31.0 Å². The maximum atomic E-state index is 13.0. The third-order valence-corrected chi connectivity index (χ3v) is 5.71. The molecule has 0 bridgehead atoms. The Morgan fingerprint density at radius 3 is 2.42 bits per heavy atom. The molecule has 2 rings (SSSR count). The molecule has 0 spiro atoms. The summed E-state index contributed by atoms with van der Waals surface area (Å²) in [5, 5.41) is 0. The second-order valence-corrected chi connectivity index (χ2v) is 7.41.